The lowest BCUT2D eigenvalue weighted by Gasteiger charge is -2.24. The number of aromatic hydroxyl groups is 1. The smallest absolute Gasteiger partial charge is 0.296 e. The van der Waals surface area contributed by atoms with E-state index in [1.165, 1.54) is 23.3 Å². The number of carbonyl (C=O) groups excluding carboxylic acids is 2. The van der Waals surface area contributed by atoms with E-state index in [2.05, 4.69) is 0 Å². The number of aliphatic hydroxyl groups is 1. The third-order valence-corrected chi connectivity index (χ3v) is 4.96. The number of aryl methyl sites for hydroxylation is 1. The number of carbonyl (C=O) groups is 2. The molecule has 1 unspecified atom stereocenters. The Morgan fingerprint density at radius 2 is 1.83 bits per heavy atom. The van der Waals surface area contributed by atoms with Gasteiger partial charge in [-0.15, -0.1) is 0 Å². The Bertz CT molecular complexity index is 1100. The Morgan fingerprint density at radius 3 is 2.48 bits per heavy atom. The van der Waals surface area contributed by atoms with Crippen LogP contribution in [-0.4, -0.2) is 26.8 Å². The SMILES string of the molecule is Cc1ccc(C(O)=C2C(=O)C(=O)N(Cc3ccco3)C2c2cccc(O)c2)cc1. The van der Waals surface area contributed by atoms with Crippen LogP contribution in [0.3, 0.4) is 0 Å². The average Bonchev–Trinajstić information content (AvgIpc) is 3.30. The first-order valence-electron chi connectivity index (χ1n) is 9.12. The Morgan fingerprint density at radius 1 is 1.07 bits per heavy atom. The first kappa shape index (κ1) is 18.6. The minimum absolute atomic E-state index is 0.00132. The van der Waals surface area contributed by atoms with E-state index in [1.807, 2.05) is 19.1 Å². The van der Waals surface area contributed by atoms with Gasteiger partial charge in [0, 0.05) is 5.56 Å². The van der Waals surface area contributed by atoms with Gasteiger partial charge in [-0.25, -0.2) is 0 Å². The molecule has 1 aromatic heterocycles. The normalized spacial score (nSPS) is 18.4. The van der Waals surface area contributed by atoms with Gasteiger partial charge < -0.3 is 19.5 Å². The lowest BCUT2D eigenvalue weighted by Crippen LogP contribution is -2.29. The van der Waals surface area contributed by atoms with Crippen LogP contribution in [-0.2, 0) is 16.1 Å². The van der Waals surface area contributed by atoms with Crippen LogP contribution in [0.25, 0.3) is 5.76 Å². The lowest BCUT2D eigenvalue weighted by molar-refractivity contribution is -0.140. The maximum Gasteiger partial charge on any atom is 0.296 e. The van der Waals surface area contributed by atoms with Crippen molar-refractivity contribution in [3.8, 4) is 5.75 Å². The van der Waals surface area contributed by atoms with Gasteiger partial charge >= 0.3 is 0 Å². The van der Waals surface area contributed by atoms with Gasteiger partial charge in [0.25, 0.3) is 11.7 Å². The summed E-state index contributed by atoms with van der Waals surface area (Å²) in [5.41, 5.74) is 1.95. The molecule has 6 nitrogen and oxygen atoms in total. The highest BCUT2D eigenvalue weighted by molar-refractivity contribution is 6.46. The second kappa shape index (κ2) is 7.31. The zero-order chi connectivity index (χ0) is 20.5. The van der Waals surface area contributed by atoms with Gasteiger partial charge in [0.1, 0.15) is 17.3 Å². The Labute approximate surface area is 167 Å². The molecule has 1 aliphatic heterocycles. The number of furan rings is 1. The molecule has 0 spiro atoms. The molecule has 1 amide bonds. The highest BCUT2D eigenvalue weighted by Gasteiger charge is 2.46. The summed E-state index contributed by atoms with van der Waals surface area (Å²) < 4.78 is 5.35. The van der Waals surface area contributed by atoms with E-state index in [0.29, 0.717) is 16.9 Å². The highest BCUT2D eigenvalue weighted by atomic mass is 16.3. The van der Waals surface area contributed by atoms with Crippen molar-refractivity contribution in [2.24, 2.45) is 0 Å². The van der Waals surface area contributed by atoms with Crippen molar-refractivity contribution in [1.82, 2.24) is 4.90 Å². The molecule has 2 N–H and O–H groups in total. The number of amides is 1. The van der Waals surface area contributed by atoms with Crippen molar-refractivity contribution in [3.63, 3.8) is 0 Å². The summed E-state index contributed by atoms with van der Waals surface area (Å²) in [6.07, 6.45) is 1.49. The van der Waals surface area contributed by atoms with Crippen molar-refractivity contribution in [1.29, 1.82) is 0 Å². The van der Waals surface area contributed by atoms with Crippen molar-refractivity contribution < 1.29 is 24.2 Å². The van der Waals surface area contributed by atoms with Crippen LogP contribution in [0.4, 0.5) is 0 Å². The number of rotatable bonds is 4. The average molecular weight is 389 g/mol. The van der Waals surface area contributed by atoms with Crippen molar-refractivity contribution >= 4 is 17.4 Å². The molecule has 1 aliphatic rings. The molecular formula is C23H19NO5. The van der Waals surface area contributed by atoms with Crippen LogP contribution < -0.4 is 0 Å². The van der Waals surface area contributed by atoms with Gasteiger partial charge in [-0.2, -0.15) is 0 Å². The fraction of sp³-hybridized carbons (Fsp3) is 0.130. The Kier molecular flexibility index (Phi) is 4.68. The van der Waals surface area contributed by atoms with Gasteiger partial charge in [0.05, 0.1) is 24.4 Å². The monoisotopic (exact) mass is 389 g/mol. The molecule has 1 atom stereocenters. The standard InChI is InChI=1S/C23H19NO5/c1-14-7-9-15(10-8-14)21(26)19-20(16-4-2-5-17(25)12-16)24(23(28)22(19)27)13-18-6-3-11-29-18/h2-12,20,25-26H,13H2,1H3. The molecule has 2 heterocycles. The maximum absolute atomic E-state index is 12.9. The zero-order valence-electron chi connectivity index (χ0n) is 15.7. The lowest BCUT2D eigenvalue weighted by atomic mass is 9.95. The summed E-state index contributed by atoms with van der Waals surface area (Å²) in [5.74, 6) is -1.25. The van der Waals surface area contributed by atoms with E-state index in [4.69, 9.17) is 4.42 Å². The topological polar surface area (TPSA) is 91.0 Å². The third kappa shape index (κ3) is 3.40. The van der Waals surface area contributed by atoms with Gasteiger partial charge in [-0.1, -0.05) is 42.0 Å². The molecule has 1 fully saturated rings. The molecule has 6 heteroatoms. The minimum Gasteiger partial charge on any atom is -0.508 e. The largest absolute Gasteiger partial charge is 0.508 e. The number of benzene rings is 2. The van der Waals surface area contributed by atoms with Crippen molar-refractivity contribution in [2.75, 3.05) is 0 Å². The van der Waals surface area contributed by atoms with E-state index in [1.54, 1.807) is 36.4 Å². The van der Waals surface area contributed by atoms with Crippen LogP contribution in [0.2, 0.25) is 0 Å². The number of hydrogen-bond donors (Lipinski definition) is 2. The van der Waals surface area contributed by atoms with Crippen LogP contribution in [0.5, 0.6) is 5.75 Å². The molecular weight excluding hydrogens is 370 g/mol. The van der Waals surface area contributed by atoms with E-state index in [-0.39, 0.29) is 23.6 Å². The maximum atomic E-state index is 12.9. The number of nitrogens with zero attached hydrogens (tertiary/aromatic N) is 1. The summed E-state index contributed by atoms with van der Waals surface area (Å²) >= 11 is 0. The number of aliphatic hydroxyl groups excluding tert-OH is 1. The van der Waals surface area contributed by atoms with E-state index >= 15 is 0 Å². The highest BCUT2D eigenvalue weighted by Crippen LogP contribution is 2.41. The molecule has 0 radical (unpaired) electrons. The van der Waals surface area contributed by atoms with E-state index < -0.39 is 17.7 Å². The summed E-state index contributed by atoms with van der Waals surface area (Å²) in [7, 11) is 0. The predicted octanol–water partition coefficient (Wildman–Crippen LogP) is 3.92. The Balaban J connectivity index is 1.87. The third-order valence-electron chi connectivity index (χ3n) is 4.96. The van der Waals surface area contributed by atoms with Crippen LogP contribution in [0, 0.1) is 6.92 Å². The summed E-state index contributed by atoms with van der Waals surface area (Å²) in [4.78, 5) is 27.1. The number of Topliss-reactive ketones (excluding diaryl/α,β-unsaturated/α-hetero) is 1. The number of phenolic OH excluding ortho intramolecular Hbond substituents is 1. The Hall–Kier alpha value is -3.80. The van der Waals surface area contributed by atoms with Crippen LogP contribution >= 0.6 is 0 Å². The molecule has 146 valence electrons. The number of likely N-dealkylation sites (tertiary alicyclic amines) is 1. The minimum atomic E-state index is -0.853. The van der Waals surface area contributed by atoms with Crippen molar-refractivity contribution in [3.05, 3.63) is 95.0 Å². The second-order valence-corrected chi connectivity index (χ2v) is 6.97. The fourth-order valence-corrected chi connectivity index (χ4v) is 3.52. The molecule has 29 heavy (non-hydrogen) atoms. The molecule has 0 bridgehead atoms. The summed E-state index contributed by atoms with van der Waals surface area (Å²) in [5, 5.41) is 20.9. The number of phenols is 1. The van der Waals surface area contributed by atoms with Crippen molar-refractivity contribution in [2.45, 2.75) is 19.5 Å². The number of ketones is 1. The first-order valence-corrected chi connectivity index (χ1v) is 9.12. The van der Waals surface area contributed by atoms with Gasteiger partial charge in [0.2, 0.25) is 0 Å². The first-order chi connectivity index (χ1) is 14.0. The van der Waals surface area contributed by atoms with Gasteiger partial charge in [-0.05, 0) is 36.8 Å². The van der Waals surface area contributed by atoms with Gasteiger partial charge in [-0.3, -0.25) is 9.59 Å². The van der Waals surface area contributed by atoms with E-state index in [9.17, 15) is 19.8 Å². The quantitative estimate of drug-likeness (QED) is 0.401. The molecule has 0 saturated carbocycles. The zero-order valence-corrected chi connectivity index (χ0v) is 15.7. The summed E-state index contributed by atoms with van der Waals surface area (Å²) in [6.45, 7) is 1.97. The fourth-order valence-electron chi connectivity index (χ4n) is 3.52. The molecule has 2 aromatic carbocycles. The molecule has 1 saturated heterocycles. The molecule has 3 aromatic rings. The van der Waals surface area contributed by atoms with E-state index in [0.717, 1.165) is 5.56 Å². The van der Waals surface area contributed by atoms with Gasteiger partial charge in [0.15, 0.2) is 0 Å². The van der Waals surface area contributed by atoms with Crippen LogP contribution in [0.1, 0.15) is 28.5 Å². The summed E-state index contributed by atoms with van der Waals surface area (Å²) in [6, 6.07) is 15.9. The van der Waals surface area contributed by atoms with Crippen LogP contribution in [0.15, 0.2) is 76.9 Å². The molecule has 0 aliphatic carbocycles. The second-order valence-electron chi connectivity index (χ2n) is 6.97. The molecule has 4 rings (SSSR count). The predicted molar refractivity (Wildman–Crippen MR) is 106 cm³/mol. The number of hydrogen-bond acceptors (Lipinski definition) is 5.